The lowest BCUT2D eigenvalue weighted by atomic mass is 10.1. The number of para-hydroxylation sites is 1. The van der Waals surface area contributed by atoms with Crippen LogP contribution in [0.5, 0.6) is 0 Å². The molecule has 7 nitrogen and oxygen atoms in total. The van der Waals surface area contributed by atoms with Gasteiger partial charge in [-0.15, -0.1) is 0 Å². The van der Waals surface area contributed by atoms with Gasteiger partial charge in [0.25, 0.3) is 11.6 Å². The highest BCUT2D eigenvalue weighted by Gasteiger charge is 2.20. The van der Waals surface area contributed by atoms with E-state index < -0.39 is 4.92 Å². The van der Waals surface area contributed by atoms with Crippen LogP contribution >= 0.6 is 0 Å². The minimum atomic E-state index is -0.485. The predicted molar refractivity (Wildman–Crippen MR) is 105 cm³/mol. The fraction of sp³-hybridized carbons (Fsp3) is 0.350. The van der Waals surface area contributed by atoms with Crippen LogP contribution in [-0.4, -0.2) is 55.0 Å². The van der Waals surface area contributed by atoms with Crippen LogP contribution in [-0.2, 0) is 0 Å². The molecule has 0 aliphatic carbocycles. The van der Waals surface area contributed by atoms with E-state index >= 15 is 0 Å². The summed E-state index contributed by atoms with van der Waals surface area (Å²) >= 11 is 0. The molecule has 28 heavy (non-hydrogen) atoms. The van der Waals surface area contributed by atoms with E-state index in [9.17, 15) is 19.3 Å². The van der Waals surface area contributed by atoms with Crippen molar-refractivity contribution in [3.8, 4) is 0 Å². The van der Waals surface area contributed by atoms with E-state index in [0.717, 1.165) is 26.2 Å². The molecular formula is C20H23FN4O3. The summed E-state index contributed by atoms with van der Waals surface area (Å²) in [5.41, 5.74) is 1.25. The zero-order chi connectivity index (χ0) is 20.1. The Morgan fingerprint density at radius 2 is 1.86 bits per heavy atom. The van der Waals surface area contributed by atoms with Crippen LogP contribution < -0.4 is 10.2 Å². The second-order valence-corrected chi connectivity index (χ2v) is 6.74. The normalized spacial score (nSPS) is 14.7. The number of nitro groups is 1. The number of rotatable bonds is 6. The van der Waals surface area contributed by atoms with E-state index in [1.165, 1.54) is 18.2 Å². The van der Waals surface area contributed by atoms with E-state index in [2.05, 4.69) is 10.2 Å². The summed E-state index contributed by atoms with van der Waals surface area (Å²) < 4.78 is 13.9. The number of piperazine rings is 1. The first-order chi connectivity index (χ1) is 13.5. The van der Waals surface area contributed by atoms with Crippen molar-refractivity contribution < 1.29 is 14.1 Å². The number of amides is 1. The van der Waals surface area contributed by atoms with E-state index in [0.29, 0.717) is 29.9 Å². The van der Waals surface area contributed by atoms with Gasteiger partial charge in [0.15, 0.2) is 0 Å². The van der Waals surface area contributed by atoms with Gasteiger partial charge in [-0.1, -0.05) is 18.2 Å². The molecule has 1 aliphatic rings. The number of anilines is 1. The number of nitrogens with one attached hydrogen (secondary N) is 1. The van der Waals surface area contributed by atoms with E-state index in [1.807, 2.05) is 11.0 Å². The van der Waals surface area contributed by atoms with Crippen LogP contribution in [0, 0.1) is 22.9 Å². The number of hydrogen-bond donors (Lipinski definition) is 1. The van der Waals surface area contributed by atoms with Gasteiger partial charge in [-0.3, -0.25) is 19.8 Å². The van der Waals surface area contributed by atoms with Gasteiger partial charge in [-0.2, -0.15) is 0 Å². The molecule has 1 heterocycles. The Morgan fingerprint density at radius 3 is 2.54 bits per heavy atom. The molecule has 1 amide bonds. The van der Waals surface area contributed by atoms with Crippen LogP contribution in [0.3, 0.4) is 0 Å². The third-order valence-corrected chi connectivity index (χ3v) is 5.03. The first-order valence-electron chi connectivity index (χ1n) is 9.21. The molecule has 0 spiro atoms. The summed E-state index contributed by atoms with van der Waals surface area (Å²) in [6.45, 7) is 5.69. The Kier molecular flexibility index (Phi) is 6.20. The molecule has 0 saturated carbocycles. The molecule has 3 rings (SSSR count). The van der Waals surface area contributed by atoms with Crippen LogP contribution in [0.1, 0.15) is 15.9 Å². The summed E-state index contributed by atoms with van der Waals surface area (Å²) in [7, 11) is 0. The van der Waals surface area contributed by atoms with Crippen molar-refractivity contribution in [3.05, 3.63) is 69.5 Å². The second-order valence-electron chi connectivity index (χ2n) is 6.74. The molecule has 0 bridgehead atoms. The van der Waals surface area contributed by atoms with Gasteiger partial charge in [0, 0.05) is 56.5 Å². The maximum Gasteiger partial charge on any atom is 0.273 e. The van der Waals surface area contributed by atoms with Crippen molar-refractivity contribution in [2.24, 2.45) is 0 Å². The second kappa shape index (κ2) is 8.79. The Bertz CT molecular complexity index is 866. The van der Waals surface area contributed by atoms with E-state index in [1.54, 1.807) is 25.1 Å². The molecule has 0 atom stereocenters. The molecule has 1 aliphatic heterocycles. The lowest BCUT2D eigenvalue weighted by molar-refractivity contribution is -0.385. The highest BCUT2D eigenvalue weighted by Crippen LogP contribution is 2.21. The minimum absolute atomic E-state index is 0.0584. The summed E-state index contributed by atoms with van der Waals surface area (Å²) in [4.78, 5) is 27.1. The van der Waals surface area contributed by atoms with Crippen molar-refractivity contribution in [1.29, 1.82) is 0 Å². The van der Waals surface area contributed by atoms with Crippen molar-refractivity contribution in [3.63, 3.8) is 0 Å². The average Bonchev–Trinajstić information content (AvgIpc) is 2.69. The van der Waals surface area contributed by atoms with Gasteiger partial charge < -0.3 is 10.2 Å². The van der Waals surface area contributed by atoms with Gasteiger partial charge in [-0.25, -0.2) is 4.39 Å². The third kappa shape index (κ3) is 4.45. The van der Waals surface area contributed by atoms with Crippen LogP contribution in [0.4, 0.5) is 15.8 Å². The van der Waals surface area contributed by atoms with E-state index in [-0.39, 0.29) is 17.4 Å². The Labute approximate surface area is 162 Å². The van der Waals surface area contributed by atoms with Gasteiger partial charge in [-0.05, 0) is 25.1 Å². The number of hydrogen-bond acceptors (Lipinski definition) is 5. The molecule has 0 radical (unpaired) electrons. The first kappa shape index (κ1) is 19.8. The number of carbonyl (C=O) groups excluding carboxylic acids is 1. The number of nitro benzene ring substituents is 1. The van der Waals surface area contributed by atoms with Crippen molar-refractivity contribution in [1.82, 2.24) is 10.2 Å². The molecule has 1 saturated heterocycles. The number of halogens is 1. The maximum atomic E-state index is 13.9. The summed E-state index contributed by atoms with van der Waals surface area (Å²) in [6, 6.07) is 11.3. The molecule has 148 valence electrons. The molecule has 2 aromatic carbocycles. The summed E-state index contributed by atoms with van der Waals surface area (Å²) in [5, 5.41) is 13.8. The fourth-order valence-electron chi connectivity index (χ4n) is 3.41. The van der Waals surface area contributed by atoms with Crippen LogP contribution in [0.25, 0.3) is 0 Å². The lowest BCUT2D eigenvalue weighted by Crippen LogP contribution is -2.48. The number of nitrogens with zero attached hydrogens (tertiary/aromatic N) is 3. The third-order valence-electron chi connectivity index (χ3n) is 5.03. The number of benzene rings is 2. The quantitative estimate of drug-likeness (QED) is 0.610. The van der Waals surface area contributed by atoms with Crippen LogP contribution in [0.2, 0.25) is 0 Å². The van der Waals surface area contributed by atoms with Crippen molar-refractivity contribution in [2.45, 2.75) is 6.92 Å². The Morgan fingerprint density at radius 1 is 1.14 bits per heavy atom. The smallest absolute Gasteiger partial charge is 0.273 e. The number of carbonyl (C=O) groups is 1. The summed E-state index contributed by atoms with van der Waals surface area (Å²) in [6.07, 6.45) is 0. The molecular weight excluding hydrogens is 363 g/mol. The summed E-state index contributed by atoms with van der Waals surface area (Å²) in [5.74, 6) is -0.526. The molecule has 0 aromatic heterocycles. The van der Waals surface area contributed by atoms with Gasteiger partial charge in [0.1, 0.15) is 5.82 Å². The maximum absolute atomic E-state index is 13.9. The monoisotopic (exact) mass is 386 g/mol. The van der Waals surface area contributed by atoms with Crippen molar-refractivity contribution in [2.75, 3.05) is 44.2 Å². The molecule has 8 heteroatoms. The zero-order valence-electron chi connectivity index (χ0n) is 15.7. The molecule has 1 fully saturated rings. The molecule has 2 aromatic rings. The average molecular weight is 386 g/mol. The lowest BCUT2D eigenvalue weighted by Gasteiger charge is -2.36. The highest BCUT2D eigenvalue weighted by molar-refractivity contribution is 5.96. The predicted octanol–water partition coefficient (Wildman–Crippen LogP) is 2.59. The first-order valence-corrected chi connectivity index (χ1v) is 9.21. The van der Waals surface area contributed by atoms with Crippen molar-refractivity contribution >= 4 is 17.3 Å². The fourth-order valence-corrected chi connectivity index (χ4v) is 3.41. The van der Waals surface area contributed by atoms with Gasteiger partial charge in [0.2, 0.25) is 0 Å². The van der Waals surface area contributed by atoms with Gasteiger partial charge in [0.05, 0.1) is 10.6 Å². The molecule has 0 unspecified atom stereocenters. The SMILES string of the molecule is Cc1c(C(=O)NCCN2CCN(c3ccccc3F)CC2)cccc1[N+](=O)[O-]. The zero-order valence-corrected chi connectivity index (χ0v) is 15.7. The Hall–Kier alpha value is -3.00. The topological polar surface area (TPSA) is 78.7 Å². The van der Waals surface area contributed by atoms with E-state index in [4.69, 9.17) is 0 Å². The van der Waals surface area contributed by atoms with Gasteiger partial charge >= 0.3 is 0 Å². The standard InChI is InChI=1S/C20H23FN4O3/c1-15-16(5-4-8-18(15)25(27)28)20(26)22-9-10-23-11-13-24(14-12-23)19-7-3-2-6-17(19)21/h2-8H,9-14H2,1H3,(H,22,26). The largest absolute Gasteiger partial charge is 0.367 e. The van der Waals surface area contributed by atoms with Crippen LogP contribution in [0.15, 0.2) is 42.5 Å². The highest BCUT2D eigenvalue weighted by atomic mass is 19.1. The minimum Gasteiger partial charge on any atom is -0.367 e. The molecule has 1 N–H and O–H groups in total. The Balaban J connectivity index is 1.48.